The zero-order valence-corrected chi connectivity index (χ0v) is 15.9. The van der Waals surface area contributed by atoms with Crippen molar-refractivity contribution >= 4 is 33.3 Å². The lowest BCUT2D eigenvalue weighted by molar-refractivity contribution is 0.0937. The van der Waals surface area contributed by atoms with Gasteiger partial charge in [0.25, 0.3) is 5.56 Å². The number of aryl methyl sites for hydroxylation is 2. The van der Waals surface area contributed by atoms with Crippen LogP contribution in [0.4, 0.5) is 0 Å². The van der Waals surface area contributed by atoms with Gasteiger partial charge in [0.1, 0.15) is 4.83 Å². The maximum Gasteiger partial charge on any atom is 0.263 e. The molecule has 1 saturated heterocycles. The van der Waals surface area contributed by atoms with Crippen LogP contribution in [0.5, 0.6) is 0 Å². The molecule has 0 amide bonds. The van der Waals surface area contributed by atoms with Crippen LogP contribution >= 0.6 is 23.1 Å². The van der Waals surface area contributed by atoms with Crippen molar-refractivity contribution in [3.05, 3.63) is 20.8 Å². The first-order valence-electron chi connectivity index (χ1n) is 8.90. The molecule has 1 aliphatic carbocycles. The maximum absolute atomic E-state index is 13.3. The highest BCUT2D eigenvalue weighted by molar-refractivity contribution is 8.00. The van der Waals surface area contributed by atoms with Crippen LogP contribution < -0.4 is 5.56 Å². The zero-order valence-electron chi connectivity index (χ0n) is 14.3. The fourth-order valence-corrected chi connectivity index (χ4v) is 5.75. The number of hydrogen-bond donors (Lipinski definition) is 0. The van der Waals surface area contributed by atoms with E-state index in [0.29, 0.717) is 11.7 Å². The van der Waals surface area contributed by atoms with Crippen LogP contribution in [0.15, 0.2) is 9.95 Å². The number of thioether (sulfide) groups is 1. The minimum Gasteiger partial charge on any atom is -0.376 e. The van der Waals surface area contributed by atoms with Crippen molar-refractivity contribution in [1.82, 2.24) is 9.55 Å². The van der Waals surface area contributed by atoms with E-state index in [-0.39, 0.29) is 16.9 Å². The summed E-state index contributed by atoms with van der Waals surface area (Å²) in [7, 11) is 0. The topological polar surface area (TPSA) is 67.9 Å². The Hall–Kier alpha value is -1.36. The van der Waals surface area contributed by atoms with E-state index in [9.17, 15) is 10.1 Å². The molecule has 0 saturated carbocycles. The lowest BCUT2D eigenvalue weighted by Crippen LogP contribution is -2.29. The molecule has 3 heterocycles. The molecule has 0 unspecified atom stereocenters. The van der Waals surface area contributed by atoms with Crippen molar-refractivity contribution in [2.45, 2.75) is 68.5 Å². The van der Waals surface area contributed by atoms with Gasteiger partial charge in [0.05, 0.1) is 29.4 Å². The standard InChI is InChI=1S/C18H21N3O2S2/c1-11(9-19)24-18-20-16-15(13-6-2-3-7-14(13)25-16)17(22)21(18)10-12-5-4-8-23-12/h11-12H,2-8,10H2,1H3/t11-,12+/m0/s1. The first kappa shape index (κ1) is 17.1. The van der Waals surface area contributed by atoms with Gasteiger partial charge in [-0.3, -0.25) is 9.36 Å². The second-order valence-electron chi connectivity index (χ2n) is 6.73. The summed E-state index contributed by atoms with van der Waals surface area (Å²) in [6.07, 6.45) is 6.46. The Balaban J connectivity index is 1.85. The van der Waals surface area contributed by atoms with E-state index in [2.05, 4.69) is 6.07 Å². The number of fused-ring (bicyclic) bond motifs is 3. The van der Waals surface area contributed by atoms with E-state index in [1.165, 1.54) is 28.6 Å². The minimum absolute atomic E-state index is 0.0486. The molecule has 1 fully saturated rings. The van der Waals surface area contributed by atoms with Gasteiger partial charge in [0.15, 0.2) is 5.16 Å². The molecule has 0 bridgehead atoms. The Bertz CT molecular complexity index is 890. The Morgan fingerprint density at radius 2 is 2.28 bits per heavy atom. The molecule has 5 nitrogen and oxygen atoms in total. The van der Waals surface area contributed by atoms with Crippen molar-refractivity contribution in [2.75, 3.05) is 6.61 Å². The molecule has 2 atom stereocenters. The predicted molar refractivity (Wildman–Crippen MR) is 100 cm³/mol. The number of ether oxygens (including phenoxy) is 1. The Morgan fingerprint density at radius 1 is 1.44 bits per heavy atom. The second-order valence-corrected chi connectivity index (χ2v) is 9.12. The maximum atomic E-state index is 13.3. The highest BCUT2D eigenvalue weighted by atomic mass is 32.2. The number of nitrogens with zero attached hydrogens (tertiary/aromatic N) is 3. The van der Waals surface area contributed by atoms with Crippen LogP contribution in [0.3, 0.4) is 0 Å². The Labute approximate surface area is 155 Å². The van der Waals surface area contributed by atoms with Gasteiger partial charge in [-0.1, -0.05) is 11.8 Å². The summed E-state index contributed by atoms with van der Waals surface area (Å²) >= 11 is 3.03. The molecule has 2 aromatic heterocycles. The van der Waals surface area contributed by atoms with E-state index in [0.717, 1.165) is 48.9 Å². The Kier molecular flexibility index (Phi) is 4.85. The lowest BCUT2D eigenvalue weighted by atomic mass is 9.97. The lowest BCUT2D eigenvalue weighted by Gasteiger charge is -2.16. The van der Waals surface area contributed by atoms with Gasteiger partial charge in [-0.25, -0.2) is 4.98 Å². The largest absolute Gasteiger partial charge is 0.376 e. The average molecular weight is 376 g/mol. The first-order valence-corrected chi connectivity index (χ1v) is 10.6. The third kappa shape index (κ3) is 3.23. The Morgan fingerprint density at radius 3 is 3.04 bits per heavy atom. The van der Waals surface area contributed by atoms with Crippen LogP contribution in [0.1, 0.15) is 43.0 Å². The zero-order chi connectivity index (χ0) is 17.4. The van der Waals surface area contributed by atoms with Crippen molar-refractivity contribution in [3.8, 4) is 6.07 Å². The fourth-order valence-electron chi connectivity index (χ4n) is 3.65. The van der Waals surface area contributed by atoms with E-state index in [4.69, 9.17) is 9.72 Å². The molecule has 2 aliphatic rings. The monoisotopic (exact) mass is 375 g/mol. The molecule has 0 spiro atoms. The van der Waals surface area contributed by atoms with E-state index in [1.54, 1.807) is 15.9 Å². The number of aromatic nitrogens is 2. The van der Waals surface area contributed by atoms with Gasteiger partial charge in [-0.05, 0) is 51.0 Å². The summed E-state index contributed by atoms with van der Waals surface area (Å²) in [6.45, 7) is 3.14. The molecule has 1 aliphatic heterocycles. The SMILES string of the molecule is C[C@@H](C#N)Sc1nc2sc3c(c2c(=O)n1C[C@H]1CCCO1)CCCC3. The summed E-state index contributed by atoms with van der Waals surface area (Å²) in [6, 6.07) is 2.23. The summed E-state index contributed by atoms with van der Waals surface area (Å²) in [4.78, 5) is 20.3. The number of thiophene rings is 1. The smallest absolute Gasteiger partial charge is 0.263 e. The molecule has 7 heteroatoms. The predicted octanol–water partition coefficient (Wildman–Crippen LogP) is 3.52. The molecular formula is C18H21N3O2S2. The molecule has 0 aromatic carbocycles. The molecule has 2 aromatic rings. The van der Waals surface area contributed by atoms with Gasteiger partial charge >= 0.3 is 0 Å². The molecule has 0 radical (unpaired) electrons. The summed E-state index contributed by atoms with van der Waals surface area (Å²) in [5.74, 6) is 0. The highest BCUT2D eigenvalue weighted by Crippen LogP contribution is 2.35. The van der Waals surface area contributed by atoms with Gasteiger partial charge in [-0.2, -0.15) is 5.26 Å². The van der Waals surface area contributed by atoms with E-state index < -0.39 is 0 Å². The van der Waals surface area contributed by atoms with Crippen molar-refractivity contribution < 1.29 is 4.74 Å². The second kappa shape index (κ2) is 7.10. The van der Waals surface area contributed by atoms with Crippen molar-refractivity contribution in [2.24, 2.45) is 0 Å². The van der Waals surface area contributed by atoms with E-state index in [1.807, 2.05) is 6.92 Å². The van der Waals surface area contributed by atoms with Crippen molar-refractivity contribution in [1.29, 1.82) is 5.26 Å². The summed E-state index contributed by atoms with van der Waals surface area (Å²) < 4.78 is 7.51. The average Bonchev–Trinajstić information content (AvgIpc) is 3.25. The van der Waals surface area contributed by atoms with Crippen LogP contribution in [-0.4, -0.2) is 27.5 Å². The number of rotatable bonds is 4. The molecule has 132 valence electrons. The summed E-state index contributed by atoms with van der Waals surface area (Å²) in [5, 5.41) is 10.4. The first-order chi connectivity index (χ1) is 12.2. The van der Waals surface area contributed by atoms with Crippen LogP contribution in [0, 0.1) is 11.3 Å². The third-order valence-corrected chi connectivity index (χ3v) is 7.08. The molecule has 4 rings (SSSR count). The van der Waals surface area contributed by atoms with Gasteiger partial charge in [-0.15, -0.1) is 11.3 Å². The summed E-state index contributed by atoms with van der Waals surface area (Å²) in [5.41, 5.74) is 1.27. The molecular weight excluding hydrogens is 354 g/mol. The van der Waals surface area contributed by atoms with E-state index >= 15 is 0 Å². The molecule has 25 heavy (non-hydrogen) atoms. The van der Waals surface area contributed by atoms with Crippen molar-refractivity contribution in [3.63, 3.8) is 0 Å². The quantitative estimate of drug-likeness (QED) is 0.604. The van der Waals surface area contributed by atoms with Gasteiger partial charge in [0, 0.05) is 11.5 Å². The van der Waals surface area contributed by atoms with Gasteiger partial charge in [0.2, 0.25) is 0 Å². The fraction of sp³-hybridized carbons (Fsp3) is 0.611. The van der Waals surface area contributed by atoms with Crippen LogP contribution in [0.25, 0.3) is 10.2 Å². The molecule has 0 N–H and O–H groups in total. The van der Waals surface area contributed by atoms with Crippen LogP contribution in [0.2, 0.25) is 0 Å². The highest BCUT2D eigenvalue weighted by Gasteiger charge is 2.25. The third-order valence-electron chi connectivity index (χ3n) is 4.91. The normalized spacial score (nSPS) is 21.2. The van der Waals surface area contributed by atoms with Gasteiger partial charge < -0.3 is 4.74 Å². The van der Waals surface area contributed by atoms with Crippen LogP contribution in [-0.2, 0) is 24.1 Å². The number of hydrogen-bond acceptors (Lipinski definition) is 6. The number of nitriles is 1. The minimum atomic E-state index is -0.241.